The van der Waals surface area contributed by atoms with E-state index in [1.54, 1.807) is 19.7 Å². The van der Waals surface area contributed by atoms with Gasteiger partial charge in [-0.2, -0.15) is 5.10 Å². The number of methoxy groups -OCH3 is 1. The molecule has 0 bridgehead atoms. The van der Waals surface area contributed by atoms with E-state index in [4.69, 9.17) is 4.74 Å². The fourth-order valence-corrected chi connectivity index (χ4v) is 2.54. The zero-order valence-corrected chi connectivity index (χ0v) is 14.2. The van der Waals surface area contributed by atoms with Crippen molar-refractivity contribution in [3.8, 4) is 5.75 Å². The van der Waals surface area contributed by atoms with Gasteiger partial charge in [0, 0.05) is 6.54 Å². The van der Waals surface area contributed by atoms with E-state index in [0.29, 0.717) is 6.54 Å². The van der Waals surface area contributed by atoms with E-state index in [9.17, 15) is 4.79 Å². The monoisotopic (exact) mass is 336 g/mol. The molecule has 1 heterocycles. The highest BCUT2D eigenvalue weighted by molar-refractivity contribution is 5.83. The first-order valence-corrected chi connectivity index (χ1v) is 8.04. The van der Waals surface area contributed by atoms with Crippen molar-refractivity contribution in [3.05, 3.63) is 60.4 Å². The third-order valence-corrected chi connectivity index (χ3v) is 3.93. The summed E-state index contributed by atoms with van der Waals surface area (Å²) >= 11 is 0. The molecule has 0 unspecified atom stereocenters. The Hall–Kier alpha value is -3.15. The number of imidazole rings is 1. The summed E-state index contributed by atoms with van der Waals surface area (Å²) in [4.78, 5) is 16.6. The SMILES string of the molecule is COc1cccc(/C=N\NC(=O)[C@@H](C)Cn2cnc3ccccc32)c1. The van der Waals surface area contributed by atoms with Crippen LogP contribution in [0.1, 0.15) is 12.5 Å². The van der Waals surface area contributed by atoms with Crippen molar-refractivity contribution < 1.29 is 9.53 Å². The van der Waals surface area contributed by atoms with Crippen LogP contribution >= 0.6 is 0 Å². The molecular weight excluding hydrogens is 316 g/mol. The van der Waals surface area contributed by atoms with Gasteiger partial charge in [0.25, 0.3) is 0 Å². The van der Waals surface area contributed by atoms with Crippen molar-refractivity contribution in [2.24, 2.45) is 11.0 Å². The highest BCUT2D eigenvalue weighted by atomic mass is 16.5. The zero-order valence-electron chi connectivity index (χ0n) is 14.2. The summed E-state index contributed by atoms with van der Waals surface area (Å²) in [5.74, 6) is 0.368. The molecule has 0 aliphatic rings. The predicted molar refractivity (Wildman–Crippen MR) is 97.6 cm³/mol. The van der Waals surface area contributed by atoms with Gasteiger partial charge in [0.1, 0.15) is 5.75 Å². The van der Waals surface area contributed by atoms with Crippen LogP contribution < -0.4 is 10.2 Å². The fraction of sp³-hybridized carbons (Fsp3) is 0.211. The van der Waals surface area contributed by atoms with Crippen molar-refractivity contribution in [1.29, 1.82) is 0 Å². The molecule has 0 spiro atoms. The van der Waals surface area contributed by atoms with Crippen LogP contribution in [-0.2, 0) is 11.3 Å². The normalized spacial score (nSPS) is 12.4. The van der Waals surface area contributed by atoms with Crippen LogP contribution in [0, 0.1) is 5.92 Å². The number of carbonyl (C=O) groups excluding carboxylic acids is 1. The Balaban J connectivity index is 1.60. The third-order valence-electron chi connectivity index (χ3n) is 3.93. The van der Waals surface area contributed by atoms with E-state index < -0.39 is 0 Å². The van der Waals surface area contributed by atoms with Crippen molar-refractivity contribution in [3.63, 3.8) is 0 Å². The maximum absolute atomic E-state index is 12.2. The Morgan fingerprint density at radius 3 is 3.00 bits per heavy atom. The molecule has 6 nitrogen and oxygen atoms in total. The Morgan fingerprint density at radius 1 is 1.32 bits per heavy atom. The number of carbonyl (C=O) groups is 1. The van der Waals surface area contributed by atoms with Gasteiger partial charge >= 0.3 is 0 Å². The van der Waals surface area contributed by atoms with Gasteiger partial charge in [-0.15, -0.1) is 0 Å². The summed E-state index contributed by atoms with van der Waals surface area (Å²) in [5.41, 5.74) is 5.38. The molecule has 0 aliphatic heterocycles. The first kappa shape index (κ1) is 16.7. The lowest BCUT2D eigenvalue weighted by Gasteiger charge is -2.11. The number of aromatic nitrogens is 2. The molecule has 0 aliphatic carbocycles. The second kappa shape index (κ2) is 7.61. The maximum Gasteiger partial charge on any atom is 0.244 e. The molecule has 1 atom stereocenters. The molecule has 1 aromatic heterocycles. The number of benzene rings is 2. The minimum absolute atomic E-state index is 0.142. The zero-order chi connectivity index (χ0) is 17.6. The number of hydrogen-bond donors (Lipinski definition) is 1. The standard InChI is InChI=1S/C19H20N4O2/c1-14(12-23-13-20-17-8-3-4-9-18(17)23)19(24)22-21-11-15-6-5-7-16(10-15)25-2/h3-11,13-14H,12H2,1-2H3,(H,22,24)/b21-11-/t14-/m0/s1. The number of ether oxygens (including phenoxy) is 1. The average molecular weight is 336 g/mol. The molecule has 0 saturated carbocycles. The molecule has 25 heavy (non-hydrogen) atoms. The summed E-state index contributed by atoms with van der Waals surface area (Å²) in [5, 5.41) is 4.02. The number of para-hydroxylation sites is 2. The number of hydrazone groups is 1. The van der Waals surface area contributed by atoms with Gasteiger partial charge in [-0.25, -0.2) is 10.4 Å². The molecule has 2 aromatic carbocycles. The Morgan fingerprint density at radius 2 is 2.16 bits per heavy atom. The van der Waals surface area contributed by atoms with Crippen LogP contribution in [0.25, 0.3) is 11.0 Å². The molecule has 1 amide bonds. The fourth-order valence-electron chi connectivity index (χ4n) is 2.54. The first-order valence-electron chi connectivity index (χ1n) is 8.04. The quantitative estimate of drug-likeness (QED) is 0.556. The number of nitrogens with zero attached hydrogens (tertiary/aromatic N) is 3. The lowest BCUT2D eigenvalue weighted by molar-refractivity contribution is -0.124. The molecule has 128 valence electrons. The summed E-state index contributed by atoms with van der Waals surface area (Å²) in [7, 11) is 1.61. The number of amides is 1. The molecule has 0 fully saturated rings. The highest BCUT2D eigenvalue weighted by Gasteiger charge is 2.14. The van der Waals surface area contributed by atoms with Gasteiger partial charge in [-0.3, -0.25) is 4.79 Å². The lowest BCUT2D eigenvalue weighted by atomic mass is 10.1. The van der Waals surface area contributed by atoms with Crippen LogP contribution in [0.3, 0.4) is 0 Å². The second-order valence-corrected chi connectivity index (χ2v) is 5.80. The number of nitrogens with one attached hydrogen (secondary N) is 1. The summed E-state index contributed by atoms with van der Waals surface area (Å²) in [6.45, 7) is 2.41. The summed E-state index contributed by atoms with van der Waals surface area (Å²) in [6.07, 6.45) is 3.35. The Kier molecular flexibility index (Phi) is 5.09. The first-order chi connectivity index (χ1) is 12.2. The van der Waals surface area contributed by atoms with E-state index >= 15 is 0 Å². The van der Waals surface area contributed by atoms with Crippen molar-refractivity contribution in [2.45, 2.75) is 13.5 Å². The van der Waals surface area contributed by atoms with E-state index in [2.05, 4.69) is 15.5 Å². The molecule has 0 saturated heterocycles. The third kappa shape index (κ3) is 4.03. The molecular formula is C19H20N4O2. The minimum Gasteiger partial charge on any atom is -0.497 e. The molecule has 1 N–H and O–H groups in total. The molecule has 6 heteroatoms. The van der Waals surface area contributed by atoms with E-state index in [1.807, 2.05) is 60.0 Å². The summed E-state index contributed by atoms with van der Waals surface area (Å²) < 4.78 is 7.13. The number of rotatable bonds is 6. The Bertz CT molecular complexity index is 901. The van der Waals surface area contributed by atoms with Crippen molar-refractivity contribution >= 4 is 23.2 Å². The van der Waals surface area contributed by atoms with Gasteiger partial charge in [0.15, 0.2) is 0 Å². The van der Waals surface area contributed by atoms with Gasteiger partial charge in [0.2, 0.25) is 5.91 Å². The van der Waals surface area contributed by atoms with Crippen molar-refractivity contribution in [2.75, 3.05) is 7.11 Å². The van der Waals surface area contributed by atoms with Crippen molar-refractivity contribution in [1.82, 2.24) is 15.0 Å². The molecule has 0 radical (unpaired) electrons. The van der Waals surface area contributed by atoms with Crippen LogP contribution in [0.5, 0.6) is 5.75 Å². The number of fused-ring (bicyclic) bond motifs is 1. The molecule has 3 aromatic rings. The topological polar surface area (TPSA) is 68.5 Å². The van der Waals surface area contributed by atoms with E-state index in [-0.39, 0.29) is 11.8 Å². The van der Waals surface area contributed by atoms with Crippen LogP contribution in [0.4, 0.5) is 0 Å². The average Bonchev–Trinajstić information content (AvgIpc) is 3.05. The van der Waals surface area contributed by atoms with Gasteiger partial charge < -0.3 is 9.30 Å². The second-order valence-electron chi connectivity index (χ2n) is 5.80. The van der Waals surface area contributed by atoms with E-state index in [1.165, 1.54) is 0 Å². The van der Waals surface area contributed by atoms with E-state index in [0.717, 1.165) is 22.3 Å². The highest BCUT2D eigenvalue weighted by Crippen LogP contribution is 2.14. The van der Waals surface area contributed by atoms with Crippen LogP contribution in [0.2, 0.25) is 0 Å². The largest absolute Gasteiger partial charge is 0.497 e. The summed E-state index contributed by atoms with van der Waals surface area (Å²) in [6, 6.07) is 15.3. The van der Waals surface area contributed by atoms with Gasteiger partial charge in [-0.1, -0.05) is 31.2 Å². The van der Waals surface area contributed by atoms with Gasteiger partial charge in [0.05, 0.1) is 36.6 Å². The predicted octanol–water partition coefficient (Wildman–Crippen LogP) is 2.83. The lowest BCUT2D eigenvalue weighted by Crippen LogP contribution is -2.27. The number of hydrogen-bond acceptors (Lipinski definition) is 4. The van der Waals surface area contributed by atoms with Gasteiger partial charge in [-0.05, 0) is 29.8 Å². The van der Waals surface area contributed by atoms with Crippen LogP contribution in [-0.4, -0.2) is 28.8 Å². The van der Waals surface area contributed by atoms with Crippen LogP contribution in [0.15, 0.2) is 60.0 Å². The maximum atomic E-state index is 12.2. The Labute approximate surface area is 146 Å². The molecule has 3 rings (SSSR count). The smallest absolute Gasteiger partial charge is 0.244 e. The minimum atomic E-state index is -0.236.